The molecule has 0 aromatic heterocycles. The van der Waals surface area contributed by atoms with Crippen LogP contribution in [-0.2, 0) is 9.59 Å². The topological polar surface area (TPSA) is 34.1 Å². The maximum absolute atomic E-state index is 13.0. The number of fused-ring (bicyclic) bond motifs is 4. The predicted octanol–water partition coefficient (Wildman–Crippen LogP) is 4.56. The van der Waals surface area contributed by atoms with Crippen molar-refractivity contribution in [1.29, 1.82) is 0 Å². The largest absolute Gasteiger partial charge is 0.299 e. The van der Waals surface area contributed by atoms with Gasteiger partial charge in [0, 0.05) is 18.8 Å². The summed E-state index contributed by atoms with van der Waals surface area (Å²) in [4.78, 5) is 24.8. The number of ketones is 2. The van der Waals surface area contributed by atoms with Crippen molar-refractivity contribution in [3.05, 3.63) is 35.5 Å². The third-order valence-corrected chi connectivity index (χ3v) is 8.47. The van der Waals surface area contributed by atoms with E-state index in [-0.39, 0.29) is 22.0 Å². The molecule has 0 aromatic rings. The standard InChI is InChI=1S/C22H26O2/c1-20-9-6-18-16-4-3-14-13-15(23)5-11-21(14,2)17(16)7-12-22(18,20)19(24)8-10-20/h3-4,6,13,16-17H,5,7-12H2,1-2H3/t16?,17?,20-,21?,22?/m0/s1. The number of Topliss-reactive ketones (excluding diaryl/α,β-unsaturated/α-hetero) is 1. The van der Waals surface area contributed by atoms with Crippen molar-refractivity contribution < 1.29 is 9.59 Å². The molecule has 2 fully saturated rings. The Bertz CT molecular complexity index is 754. The number of rotatable bonds is 0. The van der Waals surface area contributed by atoms with Crippen molar-refractivity contribution in [2.45, 2.75) is 58.8 Å². The van der Waals surface area contributed by atoms with Crippen molar-refractivity contribution in [2.24, 2.45) is 28.1 Å². The normalized spacial score (nSPS) is 49.1. The first-order valence-electron chi connectivity index (χ1n) is 9.58. The van der Waals surface area contributed by atoms with Gasteiger partial charge in [-0.3, -0.25) is 9.59 Å². The van der Waals surface area contributed by atoms with Crippen LogP contribution in [0.3, 0.4) is 0 Å². The summed E-state index contributed by atoms with van der Waals surface area (Å²) >= 11 is 0. The Morgan fingerprint density at radius 2 is 1.92 bits per heavy atom. The molecular formula is C22H26O2. The van der Waals surface area contributed by atoms with Crippen molar-refractivity contribution in [2.75, 3.05) is 0 Å². The highest BCUT2D eigenvalue weighted by Crippen LogP contribution is 2.70. The van der Waals surface area contributed by atoms with E-state index in [1.165, 1.54) is 11.1 Å². The van der Waals surface area contributed by atoms with Crippen LogP contribution in [0.25, 0.3) is 0 Å². The van der Waals surface area contributed by atoms with Crippen LogP contribution in [-0.4, -0.2) is 11.6 Å². The van der Waals surface area contributed by atoms with Crippen molar-refractivity contribution in [1.82, 2.24) is 0 Å². The number of carbonyl (C=O) groups excluding carboxylic acids is 2. The Labute approximate surface area is 144 Å². The Balaban J connectivity index is 1.63. The second-order valence-electron chi connectivity index (χ2n) is 9.27. The van der Waals surface area contributed by atoms with Gasteiger partial charge in [-0.25, -0.2) is 0 Å². The van der Waals surface area contributed by atoms with E-state index in [0.29, 0.717) is 24.0 Å². The molecule has 5 atom stereocenters. The molecule has 2 saturated carbocycles. The van der Waals surface area contributed by atoms with Gasteiger partial charge < -0.3 is 0 Å². The fourth-order valence-electron chi connectivity index (χ4n) is 6.96. The molecule has 0 amide bonds. The number of hydrogen-bond acceptors (Lipinski definition) is 2. The second kappa shape index (κ2) is 4.39. The van der Waals surface area contributed by atoms with E-state index < -0.39 is 0 Å². The van der Waals surface area contributed by atoms with Gasteiger partial charge in [-0.05, 0) is 60.5 Å². The first kappa shape index (κ1) is 14.9. The van der Waals surface area contributed by atoms with Gasteiger partial charge in [-0.2, -0.15) is 0 Å². The first-order valence-corrected chi connectivity index (χ1v) is 9.58. The summed E-state index contributed by atoms with van der Waals surface area (Å²) in [6, 6.07) is 0. The molecule has 0 heterocycles. The highest BCUT2D eigenvalue weighted by Gasteiger charge is 2.65. The van der Waals surface area contributed by atoms with E-state index in [9.17, 15) is 9.59 Å². The van der Waals surface area contributed by atoms with Gasteiger partial charge in [0.1, 0.15) is 5.78 Å². The van der Waals surface area contributed by atoms with Crippen LogP contribution in [0.2, 0.25) is 0 Å². The van der Waals surface area contributed by atoms with Crippen LogP contribution < -0.4 is 0 Å². The molecular weight excluding hydrogens is 296 g/mol. The summed E-state index contributed by atoms with van der Waals surface area (Å²) in [5.41, 5.74) is 2.78. The van der Waals surface area contributed by atoms with Gasteiger partial charge >= 0.3 is 0 Å². The lowest BCUT2D eigenvalue weighted by Crippen LogP contribution is -2.50. The van der Waals surface area contributed by atoms with Crippen molar-refractivity contribution >= 4 is 11.6 Å². The minimum Gasteiger partial charge on any atom is -0.299 e. The molecule has 24 heavy (non-hydrogen) atoms. The van der Waals surface area contributed by atoms with E-state index in [1.807, 2.05) is 6.08 Å². The Morgan fingerprint density at radius 1 is 1.08 bits per heavy atom. The van der Waals surface area contributed by atoms with Gasteiger partial charge in [0.05, 0.1) is 5.41 Å². The molecule has 0 saturated heterocycles. The molecule has 0 N–H and O–H groups in total. The zero-order valence-corrected chi connectivity index (χ0v) is 14.7. The average Bonchev–Trinajstić information content (AvgIpc) is 2.99. The third kappa shape index (κ3) is 1.49. The Morgan fingerprint density at radius 3 is 2.75 bits per heavy atom. The maximum Gasteiger partial charge on any atom is 0.156 e. The van der Waals surface area contributed by atoms with Crippen LogP contribution in [0.15, 0.2) is 35.5 Å². The highest BCUT2D eigenvalue weighted by atomic mass is 16.1. The lowest BCUT2D eigenvalue weighted by molar-refractivity contribution is -0.129. The van der Waals surface area contributed by atoms with E-state index in [2.05, 4.69) is 32.1 Å². The summed E-state index contributed by atoms with van der Waals surface area (Å²) < 4.78 is 0. The smallest absolute Gasteiger partial charge is 0.156 e. The van der Waals surface area contributed by atoms with Crippen LogP contribution >= 0.6 is 0 Å². The maximum atomic E-state index is 13.0. The van der Waals surface area contributed by atoms with E-state index >= 15 is 0 Å². The molecule has 4 unspecified atom stereocenters. The Hall–Kier alpha value is -1.44. The zero-order chi connectivity index (χ0) is 16.7. The molecule has 1 spiro atoms. The monoisotopic (exact) mass is 322 g/mol. The Kier molecular flexibility index (Phi) is 2.72. The highest BCUT2D eigenvalue weighted by molar-refractivity contribution is 5.93. The molecule has 0 bridgehead atoms. The van der Waals surface area contributed by atoms with Gasteiger partial charge in [-0.1, -0.05) is 37.6 Å². The molecule has 5 aliphatic rings. The third-order valence-electron chi connectivity index (χ3n) is 8.47. The summed E-state index contributed by atoms with van der Waals surface area (Å²) in [5.74, 6) is 1.73. The molecule has 126 valence electrons. The molecule has 5 aliphatic carbocycles. The van der Waals surface area contributed by atoms with Crippen LogP contribution in [0.5, 0.6) is 0 Å². The van der Waals surface area contributed by atoms with E-state index in [1.54, 1.807) is 0 Å². The first-order chi connectivity index (χ1) is 11.4. The minimum atomic E-state index is -0.166. The lowest BCUT2D eigenvalue weighted by atomic mass is 9.48. The van der Waals surface area contributed by atoms with Crippen LogP contribution in [0.1, 0.15) is 58.8 Å². The molecule has 2 nitrogen and oxygen atoms in total. The summed E-state index contributed by atoms with van der Waals surface area (Å²) in [6.45, 7) is 4.70. The lowest BCUT2D eigenvalue weighted by Gasteiger charge is -2.55. The summed E-state index contributed by atoms with van der Waals surface area (Å²) in [5, 5.41) is 0. The predicted molar refractivity (Wildman–Crippen MR) is 93.3 cm³/mol. The van der Waals surface area contributed by atoms with E-state index in [0.717, 1.165) is 38.5 Å². The molecule has 0 aliphatic heterocycles. The minimum absolute atomic E-state index is 0.108. The SMILES string of the molecule is CC12CCC(=O)C=C1C=CC1C3=CC[C@@]4(C)CCC(=O)C34CCC12. The molecule has 0 aromatic carbocycles. The number of carbonyl (C=O) groups is 2. The number of allylic oxidation sites excluding steroid dienone is 6. The van der Waals surface area contributed by atoms with Crippen LogP contribution in [0.4, 0.5) is 0 Å². The fourth-order valence-corrected chi connectivity index (χ4v) is 6.96. The summed E-state index contributed by atoms with van der Waals surface area (Å²) in [7, 11) is 0. The summed E-state index contributed by atoms with van der Waals surface area (Å²) in [6.07, 6.45) is 15.5. The van der Waals surface area contributed by atoms with Gasteiger partial charge in [0.15, 0.2) is 5.78 Å². The molecule has 5 rings (SSSR count). The van der Waals surface area contributed by atoms with Crippen molar-refractivity contribution in [3.63, 3.8) is 0 Å². The number of hydrogen-bond donors (Lipinski definition) is 0. The quantitative estimate of drug-likeness (QED) is 0.613. The van der Waals surface area contributed by atoms with Crippen molar-refractivity contribution in [3.8, 4) is 0 Å². The molecule has 2 heteroatoms. The van der Waals surface area contributed by atoms with Gasteiger partial charge in [0.25, 0.3) is 0 Å². The van der Waals surface area contributed by atoms with E-state index in [4.69, 9.17) is 0 Å². The molecule has 0 radical (unpaired) electrons. The second-order valence-corrected chi connectivity index (χ2v) is 9.27. The van der Waals surface area contributed by atoms with Gasteiger partial charge in [-0.15, -0.1) is 0 Å². The van der Waals surface area contributed by atoms with Gasteiger partial charge in [0.2, 0.25) is 0 Å². The average molecular weight is 322 g/mol. The van der Waals surface area contributed by atoms with Crippen LogP contribution in [0, 0.1) is 28.1 Å². The fraction of sp³-hybridized carbons (Fsp3) is 0.636. The zero-order valence-electron chi connectivity index (χ0n) is 14.7.